The molecule has 1 atom stereocenters. The van der Waals surface area contributed by atoms with E-state index in [-0.39, 0.29) is 6.42 Å². The third-order valence-electron chi connectivity index (χ3n) is 2.53. The number of rotatable bonds is 8. The van der Waals surface area contributed by atoms with Gasteiger partial charge in [-0.2, -0.15) is 0 Å². The van der Waals surface area contributed by atoms with Gasteiger partial charge in [0.05, 0.1) is 6.61 Å². The van der Waals surface area contributed by atoms with E-state index < -0.39 is 18.2 Å². The number of aliphatic carboxylic acids is 1. The maximum atomic E-state index is 10.6. The lowest BCUT2D eigenvalue weighted by atomic mass is 9.96. The average Bonchev–Trinajstić information content (AvgIpc) is 2.16. The Labute approximate surface area is 90.9 Å². The predicted molar refractivity (Wildman–Crippen MR) is 57.6 cm³/mol. The van der Waals surface area contributed by atoms with Gasteiger partial charge < -0.3 is 15.3 Å². The molecule has 0 aromatic rings. The van der Waals surface area contributed by atoms with Gasteiger partial charge >= 0.3 is 5.97 Å². The van der Waals surface area contributed by atoms with E-state index in [1.54, 1.807) is 0 Å². The molecule has 90 valence electrons. The van der Waals surface area contributed by atoms with Crippen molar-refractivity contribution in [2.75, 3.05) is 6.61 Å². The maximum Gasteiger partial charge on any atom is 0.338 e. The molecule has 4 heteroatoms. The summed E-state index contributed by atoms with van der Waals surface area (Å²) in [4.78, 5) is 10.6. The topological polar surface area (TPSA) is 77.8 Å². The van der Waals surface area contributed by atoms with Crippen LogP contribution in [0.4, 0.5) is 0 Å². The van der Waals surface area contributed by atoms with Crippen LogP contribution < -0.4 is 0 Å². The zero-order chi connectivity index (χ0) is 11.9. The van der Waals surface area contributed by atoms with Crippen LogP contribution in [0.15, 0.2) is 0 Å². The van der Waals surface area contributed by atoms with E-state index in [4.69, 9.17) is 10.2 Å². The largest absolute Gasteiger partial charge is 0.479 e. The monoisotopic (exact) mass is 218 g/mol. The molecule has 0 radical (unpaired) electrons. The van der Waals surface area contributed by atoms with Crippen molar-refractivity contribution in [3.05, 3.63) is 0 Å². The van der Waals surface area contributed by atoms with Crippen molar-refractivity contribution >= 4 is 5.97 Å². The Bertz CT molecular complexity index is 191. The molecule has 0 aliphatic heterocycles. The molecule has 0 fully saturated rings. The fraction of sp³-hybridized carbons (Fsp3) is 0.909. The highest BCUT2D eigenvalue weighted by Crippen LogP contribution is 2.16. The average molecular weight is 218 g/mol. The van der Waals surface area contributed by atoms with Crippen LogP contribution in [-0.2, 0) is 4.79 Å². The second-order valence-electron chi connectivity index (χ2n) is 4.49. The van der Waals surface area contributed by atoms with E-state index in [1.165, 1.54) is 0 Å². The molecule has 0 aliphatic carbocycles. The molecule has 1 unspecified atom stereocenters. The van der Waals surface area contributed by atoms with Crippen LogP contribution in [0, 0.1) is 5.92 Å². The fourth-order valence-corrected chi connectivity index (χ4v) is 1.40. The lowest BCUT2D eigenvalue weighted by Crippen LogP contribution is -2.42. The standard InChI is InChI=1S/C11H22O4/c1-9(2)6-4-3-5-7-11(15,8-12)10(13)14/h9,12,15H,3-8H2,1-2H3,(H,13,14). The molecule has 4 nitrogen and oxygen atoms in total. The van der Waals surface area contributed by atoms with E-state index in [1.807, 2.05) is 0 Å². The van der Waals surface area contributed by atoms with Gasteiger partial charge in [-0.25, -0.2) is 4.79 Å². The van der Waals surface area contributed by atoms with Gasteiger partial charge in [-0.3, -0.25) is 0 Å². The van der Waals surface area contributed by atoms with E-state index in [0.717, 1.165) is 19.3 Å². The molecule has 0 spiro atoms. The van der Waals surface area contributed by atoms with Crippen LogP contribution in [-0.4, -0.2) is 33.5 Å². The molecular formula is C11H22O4. The summed E-state index contributed by atoms with van der Waals surface area (Å²) < 4.78 is 0. The van der Waals surface area contributed by atoms with Crippen LogP contribution >= 0.6 is 0 Å². The molecule has 0 bridgehead atoms. The second kappa shape index (κ2) is 6.80. The summed E-state index contributed by atoms with van der Waals surface area (Å²) in [7, 11) is 0. The van der Waals surface area contributed by atoms with Crippen LogP contribution in [0.25, 0.3) is 0 Å². The lowest BCUT2D eigenvalue weighted by Gasteiger charge is -2.20. The summed E-state index contributed by atoms with van der Waals surface area (Å²) in [6, 6.07) is 0. The molecule has 0 saturated carbocycles. The van der Waals surface area contributed by atoms with Gasteiger partial charge in [-0.15, -0.1) is 0 Å². The summed E-state index contributed by atoms with van der Waals surface area (Å²) in [5.74, 6) is -0.685. The molecule has 0 aromatic heterocycles. The van der Waals surface area contributed by atoms with Gasteiger partial charge in [-0.05, 0) is 18.8 Å². The van der Waals surface area contributed by atoms with Crippen molar-refractivity contribution in [3.63, 3.8) is 0 Å². The molecule has 0 amide bonds. The highest BCUT2D eigenvalue weighted by molar-refractivity contribution is 5.77. The summed E-state index contributed by atoms with van der Waals surface area (Å²) >= 11 is 0. The van der Waals surface area contributed by atoms with Crippen molar-refractivity contribution in [3.8, 4) is 0 Å². The number of carbonyl (C=O) groups is 1. The number of aliphatic hydroxyl groups is 2. The Hall–Kier alpha value is -0.610. The smallest absolute Gasteiger partial charge is 0.338 e. The minimum absolute atomic E-state index is 0.122. The van der Waals surface area contributed by atoms with Crippen LogP contribution in [0.1, 0.15) is 46.0 Å². The number of hydrogen-bond donors (Lipinski definition) is 3. The zero-order valence-electron chi connectivity index (χ0n) is 9.57. The van der Waals surface area contributed by atoms with E-state index in [2.05, 4.69) is 13.8 Å². The quantitative estimate of drug-likeness (QED) is 0.538. The van der Waals surface area contributed by atoms with E-state index in [9.17, 15) is 9.90 Å². The first kappa shape index (κ1) is 14.4. The Balaban J connectivity index is 3.69. The van der Waals surface area contributed by atoms with E-state index >= 15 is 0 Å². The SMILES string of the molecule is CC(C)CCCCCC(O)(CO)C(=O)O. The maximum absolute atomic E-state index is 10.6. The number of carboxylic acids is 1. The highest BCUT2D eigenvalue weighted by Gasteiger charge is 2.34. The summed E-state index contributed by atoms with van der Waals surface area (Å²) in [6.45, 7) is 3.56. The molecule has 3 N–H and O–H groups in total. The molecule has 0 heterocycles. The first-order valence-corrected chi connectivity index (χ1v) is 5.49. The highest BCUT2D eigenvalue weighted by atomic mass is 16.4. The summed E-state index contributed by atoms with van der Waals surface area (Å²) in [5, 5.41) is 26.9. The van der Waals surface area contributed by atoms with Crippen LogP contribution in [0.3, 0.4) is 0 Å². The van der Waals surface area contributed by atoms with Gasteiger partial charge in [-0.1, -0.05) is 33.1 Å². The Morgan fingerprint density at radius 1 is 1.27 bits per heavy atom. The van der Waals surface area contributed by atoms with Crippen molar-refractivity contribution in [2.45, 2.75) is 51.6 Å². The van der Waals surface area contributed by atoms with Gasteiger partial charge in [0.1, 0.15) is 0 Å². The molecule has 0 aliphatic rings. The second-order valence-corrected chi connectivity index (χ2v) is 4.49. The zero-order valence-corrected chi connectivity index (χ0v) is 9.57. The fourth-order valence-electron chi connectivity index (χ4n) is 1.40. The molecule has 0 saturated heterocycles. The normalized spacial score (nSPS) is 15.3. The van der Waals surface area contributed by atoms with Gasteiger partial charge in [0.15, 0.2) is 5.60 Å². The Kier molecular flexibility index (Phi) is 6.52. The summed E-state index contributed by atoms with van der Waals surface area (Å²) in [6.07, 6.45) is 3.81. The first-order chi connectivity index (χ1) is 6.92. The molecule has 0 rings (SSSR count). The van der Waals surface area contributed by atoms with Crippen LogP contribution in [0.2, 0.25) is 0 Å². The predicted octanol–water partition coefficient (Wildman–Crippen LogP) is 1.40. The van der Waals surface area contributed by atoms with Crippen molar-refractivity contribution in [1.29, 1.82) is 0 Å². The van der Waals surface area contributed by atoms with Gasteiger partial charge in [0.25, 0.3) is 0 Å². The van der Waals surface area contributed by atoms with Crippen molar-refractivity contribution in [1.82, 2.24) is 0 Å². The van der Waals surface area contributed by atoms with E-state index in [0.29, 0.717) is 12.3 Å². The number of carboxylic acid groups (broad SMARTS) is 1. The number of aliphatic hydroxyl groups excluding tert-OH is 1. The molecular weight excluding hydrogens is 196 g/mol. The Morgan fingerprint density at radius 2 is 1.87 bits per heavy atom. The van der Waals surface area contributed by atoms with Crippen molar-refractivity contribution < 1.29 is 20.1 Å². The van der Waals surface area contributed by atoms with Crippen molar-refractivity contribution in [2.24, 2.45) is 5.92 Å². The molecule has 15 heavy (non-hydrogen) atoms. The van der Waals surface area contributed by atoms with Crippen LogP contribution in [0.5, 0.6) is 0 Å². The molecule has 0 aromatic carbocycles. The van der Waals surface area contributed by atoms with Gasteiger partial charge in [0, 0.05) is 0 Å². The minimum atomic E-state index is -1.95. The minimum Gasteiger partial charge on any atom is -0.479 e. The number of unbranched alkanes of at least 4 members (excludes halogenated alkanes) is 2. The third kappa shape index (κ3) is 5.74. The number of hydrogen-bond acceptors (Lipinski definition) is 3. The third-order valence-corrected chi connectivity index (χ3v) is 2.53. The summed E-state index contributed by atoms with van der Waals surface area (Å²) in [5.41, 5.74) is -1.95. The first-order valence-electron chi connectivity index (χ1n) is 5.49. The lowest BCUT2D eigenvalue weighted by molar-refractivity contribution is -0.163. The van der Waals surface area contributed by atoms with Gasteiger partial charge in [0.2, 0.25) is 0 Å². The Morgan fingerprint density at radius 3 is 2.27 bits per heavy atom.